The van der Waals surface area contributed by atoms with Crippen molar-refractivity contribution in [1.29, 1.82) is 0 Å². The van der Waals surface area contributed by atoms with Crippen LogP contribution in [-0.4, -0.2) is 56.2 Å². The van der Waals surface area contributed by atoms with Gasteiger partial charge in [-0.15, -0.1) is 5.10 Å². The van der Waals surface area contributed by atoms with Crippen molar-refractivity contribution in [3.05, 3.63) is 42.2 Å². The van der Waals surface area contributed by atoms with E-state index >= 15 is 0 Å². The lowest BCUT2D eigenvalue weighted by molar-refractivity contribution is -0.139. The maximum atomic E-state index is 12.4. The molecule has 1 atom stereocenters. The van der Waals surface area contributed by atoms with Crippen molar-refractivity contribution in [2.75, 3.05) is 19.7 Å². The lowest BCUT2D eigenvalue weighted by atomic mass is 9.92. The summed E-state index contributed by atoms with van der Waals surface area (Å²) in [6.45, 7) is 3.66. The van der Waals surface area contributed by atoms with Gasteiger partial charge >= 0.3 is 0 Å². The number of amides is 1. The quantitative estimate of drug-likeness (QED) is 0.857. The Labute approximate surface area is 147 Å². The number of likely N-dealkylation sites (tertiary alicyclic amines) is 1. The predicted molar refractivity (Wildman–Crippen MR) is 92.1 cm³/mol. The van der Waals surface area contributed by atoms with Crippen molar-refractivity contribution in [2.45, 2.75) is 38.3 Å². The molecule has 2 aromatic rings. The first kappa shape index (κ1) is 17.4. The molecule has 1 saturated heterocycles. The highest BCUT2D eigenvalue weighted by atomic mass is 16.5. The van der Waals surface area contributed by atoms with E-state index in [-0.39, 0.29) is 5.91 Å². The van der Waals surface area contributed by atoms with Crippen molar-refractivity contribution >= 4 is 5.91 Å². The summed E-state index contributed by atoms with van der Waals surface area (Å²) < 4.78 is 7.26. The Morgan fingerprint density at radius 2 is 2.32 bits per heavy atom. The van der Waals surface area contributed by atoms with E-state index in [0.29, 0.717) is 39.1 Å². The van der Waals surface area contributed by atoms with Gasteiger partial charge in [-0.1, -0.05) is 17.3 Å². The second-order valence-corrected chi connectivity index (χ2v) is 6.66. The van der Waals surface area contributed by atoms with Gasteiger partial charge in [0.2, 0.25) is 5.91 Å². The molecule has 1 aromatic carbocycles. The van der Waals surface area contributed by atoms with E-state index in [2.05, 4.69) is 10.3 Å². The average molecular weight is 344 g/mol. The fourth-order valence-electron chi connectivity index (χ4n) is 3.19. The molecule has 134 valence electrons. The number of piperidine rings is 1. The van der Waals surface area contributed by atoms with Crippen LogP contribution in [0.15, 0.2) is 36.7 Å². The zero-order valence-electron chi connectivity index (χ0n) is 14.5. The Bertz CT molecular complexity index is 704. The van der Waals surface area contributed by atoms with Crippen LogP contribution in [0.2, 0.25) is 0 Å². The first-order valence-corrected chi connectivity index (χ1v) is 8.58. The van der Waals surface area contributed by atoms with Gasteiger partial charge in [0.05, 0.1) is 32.3 Å². The average Bonchev–Trinajstić information content (AvgIpc) is 3.07. The number of hydrogen-bond acceptors (Lipinski definition) is 5. The maximum absolute atomic E-state index is 12.4. The Balaban J connectivity index is 1.49. The zero-order valence-corrected chi connectivity index (χ0v) is 14.5. The summed E-state index contributed by atoms with van der Waals surface area (Å²) in [5.41, 5.74) is 0.164. The fraction of sp³-hybridized carbons (Fsp3) is 0.500. The van der Waals surface area contributed by atoms with E-state index in [9.17, 15) is 9.90 Å². The highest BCUT2D eigenvalue weighted by molar-refractivity contribution is 5.76. The number of carbonyl (C=O) groups is 1. The SMILES string of the molecule is Cc1cccc(OCCC(=O)N2CCCC(O)(Cn3ccnn3)C2)c1. The molecule has 0 saturated carbocycles. The molecule has 1 unspecified atom stereocenters. The van der Waals surface area contributed by atoms with Gasteiger partial charge in [0.15, 0.2) is 0 Å². The smallest absolute Gasteiger partial charge is 0.226 e. The minimum Gasteiger partial charge on any atom is -0.493 e. The third-order valence-electron chi connectivity index (χ3n) is 4.41. The van der Waals surface area contributed by atoms with Gasteiger partial charge in [-0.2, -0.15) is 0 Å². The van der Waals surface area contributed by atoms with Crippen molar-refractivity contribution in [3.8, 4) is 5.75 Å². The lowest BCUT2D eigenvalue weighted by Gasteiger charge is -2.39. The van der Waals surface area contributed by atoms with Crippen LogP contribution in [0.1, 0.15) is 24.8 Å². The maximum Gasteiger partial charge on any atom is 0.226 e. The number of β-amino-alcohol motifs (C(OH)–C–C–N with tert-alkyl or cyclic N) is 1. The Morgan fingerprint density at radius 3 is 3.08 bits per heavy atom. The van der Waals surface area contributed by atoms with Crippen LogP contribution in [0.3, 0.4) is 0 Å². The largest absolute Gasteiger partial charge is 0.493 e. The van der Waals surface area contributed by atoms with Crippen LogP contribution >= 0.6 is 0 Å². The molecule has 1 aliphatic rings. The summed E-state index contributed by atoms with van der Waals surface area (Å²) in [4.78, 5) is 14.2. The number of ether oxygens (including phenoxy) is 1. The van der Waals surface area contributed by atoms with Crippen molar-refractivity contribution in [3.63, 3.8) is 0 Å². The first-order valence-electron chi connectivity index (χ1n) is 8.58. The number of hydrogen-bond donors (Lipinski definition) is 1. The van der Waals surface area contributed by atoms with Gasteiger partial charge in [0.25, 0.3) is 0 Å². The predicted octanol–water partition coefficient (Wildman–Crippen LogP) is 1.41. The van der Waals surface area contributed by atoms with Crippen LogP contribution in [-0.2, 0) is 11.3 Å². The summed E-state index contributed by atoms with van der Waals surface area (Å²) in [7, 11) is 0. The minimum absolute atomic E-state index is 0.00404. The van der Waals surface area contributed by atoms with E-state index in [1.54, 1.807) is 22.0 Å². The molecule has 25 heavy (non-hydrogen) atoms. The molecule has 1 fully saturated rings. The normalized spacial score (nSPS) is 20.5. The summed E-state index contributed by atoms with van der Waals surface area (Å²) in [5.74, 6) is 0.776. The molecule has 1 aliphatic heterocycles. The van der Waals surface area contributed by atoms with Gasteiger partial charge in [0, 0.05) is 12.7 Å². The molecule has 7 heteroatoms. The molecule has 0 aliphatic carbocycles. The Hall–Kier alpha value is -2.41. The van der Waals surface area contributed by atoms with Crippen molar-refractivity contribution < 1.29 is 14.6 Å². The van der Waals surface area contributed by atoms with E-state index in [1.165, 1.54) is 0 Å². The fourth-order valence-corrected chi connectivity index (χ4v) is 3.19. The summed E-state index contributed by atoms with van der Waals surface area (Å²) in [6.07, 6.45) is 5.02. The molecule has 1 amide bonds. The van der Waals surface area contributed by atoms with E-state index in [1.807, 2.05) is 31.2 Å². The summed E-state index contributed by atoms with van der Waals surface area (Å²) in [5, 5.41) is 18.4. The Kier molecular flexibility index (Phi) is 5.33. The van der Waals surface area contributed by atoms with Crippen LogP contribution in [0.25, 0.3) is 0 Å². The van der Waals surface area contributed by atoms with E-state index in [4.69, 9.17) is 4.74 Å². The minimum atomic E-state index is -0.959. The number of benzene rings is 1. The number of aromatic nitrogens is 3. The lowest BCUT2D eigenvalue weighted by Crippen LogP contribution is -2.52. The molecule has 0 radical (unpaired) electrons. The van der Waals surface area contributed by atoms with Crippen molar-refractivity contribution in [1.82, 2.24) is 19.9 Å². The van der Waals surface area contributed by atoms with Gasteiger partial charge in [-0.3, -0.25) is 4.79 Å². The van der Waals surface area contributed by atoms with Gasteiger partial charge in [0.1, 0.15) is 11.4 Å². The highest BCUT2D eigenvalue weighted by Gasteiger charge is 2.35. The van der Waals surface area contributed by atoms with Gasteiger partial charge in [-0.05, 0) is 37.5 Å². The first-order chi connectivity index (χ1) is 12.0. The van der Waals surface area contributed by atoms with Crippen LogP contribution in [0, 0.1) is 6.92 Å². The monoisotopic (exact) mass is 344 g/mol. The topological polar surface area (TPSA) is 80.5 Å². The molecule has 1 aromatic heterocycles. The third kappa shape index (κ3) is 4.79. The summed E-state index contributed by atoms with van der Waals surface area (Å²) >= 11 is 0. The molecule has 7 nitrogen and oxygen atoms in total. The molecular formula is C18H24N4O3. The van der Waals surface area contributed by atoms with Gasteiger partial charge in [-0.25, -0.2) is 4.68 Å². The molecular weight excluding hydrogens is 320 g/mol. The van der Waals surface area contributed by atoms with Crippen molar-refractivity contribution in [2.24, 2.45) is 0 Å². The molecule has 0 bridgehead atoms. The number of aliphatic hydroxyl groups is 1. The van der Waals surface area contributed by atoms with Crippen LogP contribution in [0.4, 0.5) is 0 Å². The zero-order chi connectivity index (χ0) is 17.7. The van der Waals surface area contributed by atoms with E-state index < -0.39 is 5.60 Å². The second kappa shape index (κ2) is 7.65. The number of nitrogens with zero attached hydrogens (tertiary/aromatic N) is 4. The van der Waals surface area contributed by atoms with Gasteiger partial charge < -0.3 is 14.7 Å². The van der Waals surface area contributed by atoms with Crippen LogP contribution < -0.4 is 4.74 Å². The number of aryl methyl sites for hydroxylation is 1. The Morgan fingerprint density at radius 1 is 1.44 bits per heavy atom. The third-order valence-corrected chi connectivity index (χ3v) is 4.41. The van der Waals surface area contributed by atoms with Crippen LogP contribution in [0.5, 0.6) is 5.75 Å². The highest BCUT2D eigenvalue weighted by Crippen LogP contribution is 2.23. The molecule has 2 heterocycles. The molecule has 1 N–H and O–H groups in total. The summed E-state index contributed by atoms with van der Waals surface area (Å²) in [6, 6.07) is 7.76. The second-order valence-electron chi connectivity index (χ2n) is 6.66. The molecule has 0 spiro atoms. The number of rotatable bonds is 6. The van der Waals surface area contributed by atoms with E-state index in [0.717, 1.165) is 17.7 Å². The number of carbonyl (C=O) groups excluding carboxylic acids is 1. The standard InChI is InChI=1S/C18H24N4O3/c1-15-4-2-5-16(12-15)25-11-6-17(23)21-9-3-7-18(24,13-21)14-22-10-8-19-20-22/h2,4-5,8,10,12,24H,3,6-7,9,11,13-14H2,1H3. The molecule has 3 rings (SSSR count).